The molecular formula is C23H16BrFO4. The molecule has 0 aliphatic heterocycles. The number of halogens is 2. The second kappa shape index (κ2) is 9.30. The third-order valence-electron chi connectivity index (χ3n) is 4.05. The van der Waals surface area contributed by atoms with Crippen LogP contribution in [0.25, 0.3) is 6.08 Å². The van der Waals surface area contributed by atoms with Crippen LogP contribution in [0.5, 0.6) is 11.5 Å². The summed E-state index contributed by atoms with van der Waals surface area (Å²) in [5.41, 5.74) is 1.19. The molecule has 0 spiro atoms. The summed E-state index contributed by atoms with van der Waals surface area (Å²) in [6, 6.07) is 17.2. The highest BCUT2D eigenvalue weighted by atomic mass is 79.9. The van der Waals surface area contributed by atoms with Crippen molar-refractivity contribution in [2.24, 2.45) is 0 Å². The number of methoxy groups -OCH3 is 1. The largest absolute Gasteiger partial charge is 0.497 e. The van der Waals surface area contributed by atoms with E-state index in [1.807, 2.05) is 0 Å². The summed E-state index contributed by atoms with van der Waals surface area (Å²) in [5, 5.41) is 0. The van der Waals surface area contributed by atoms with E-state index in [4.69, 9.17) is 9.47 Å². The van der Waals surface area contributed by atoms with Gasteiger partial charge in [-0.25, -0.2) is 9.18 Å². The van der Waals surface area contributed by atoms with Gasteiger partial charge in [-0.15, -0.1) is 0 Å². The molecule has 6 heteroatoms. The van der Waals surface area contributed by atoms with Crippen LogP contribution in [0.2, 0.25) is 0 Å². The zero-order chi connectivity index (χ0) is 20.8. The lowest BCUT2D eigenvalue weighted by Crippen LogP contribution is -2.12. The number of carbonyl (C=O) groups excluding carboxylic acids is 2. The van der Waals surface area contributed by atoms with Gasteiger partial charge < -0.3 is 9.47 Å². The molecule has 0 atom stereocenters. The molecular weight excluding hydrogens is 439 g/mol. The maximum atomic E-state index is 13.0. The standard InChI is InChI=1S/C23H16BrFO4/c1-28-17-11-12-19(21(26)13-8-15-6-9-16(25)10-7-15)22(14-17)29-23(27)18-4-2-3-5-20(18)24/h2-14H,1H3. The molecule has 3 aromatic carbocycles. The van der Waals surface area contributed by atoms with E-state index >= 15 is 0 Å². The molecule has 29 heavy (non-hydrogen) atoms. The average Bonchev–Trinajstić information content (AvgIpc) is 2.73. The van der Waals surface area contributed by atoms with Gasteiger partial charge in [-0.3, -0.25) is 4.79 Å². The number of ether oxygens (including phenoxy) is 2. The van der Waals surface area contributed by atoms with Crippen molar-refractivity contribution in [3.05, 3.63) is 99.8 Å². The number of hydrogen-bond donors (Lipinski definition) is 0. The number of rotatable bonds is 6. The number of hydrogen-bond acceptors (Lipinski definition) is 4. The van der Waals surface area contributed by atoms with E-state index in [1.54, 1.807) is 48.5 Å². The number of benzene rings is 3. The Kier molecular flexibility index (Phi) is 6.57. The van der Waals surface area contributed by atoms with Gasteiger partial charge in [0.25, 0.3) is 0 Å². The molecule has 0 aliphatic rings. The highest BCUT2D eigenvalue weighted by molar-refractivity contribution is 9.10. The molecule has 0 radical (unpaired) electrons. The molecule has 0 heterocycles. The fourth-order valence-electron chi connectivity index (χ4n) is 2.53. The lowest BCUT2D eigenvalue weighted by atomic mass is 10.1. The molecule has 3 rings (SSSR count). The monoisotopic (exact) mass is 454 g/mol. The van der Waals surface area contributed by atoms with Gasteiger partial charge in [0, 0.05) is 10.5 Å². The van der Waals surface area contributed by atoms with Crippen LogP contribution in [0.1, 0.15) is 26.3 Å². The van der Waals surface area contributed by atoms with Crippen molar-refractivity contribution in [3.8, 4) is 11.5 Å². The van der Waals surface area contributed by atoms with Gasteiger partial charge >= 0.3 is 5.97 Å². The van der Waals surface area contributed by atoms with E-state index in [0.29, 0.717) is 21.3 Å². The Labute approximate surface area is 175 Å². The van der Waals surface area contributed by atoms with E-state index in [-0.39, 0.29) is 22.9 Å². The first-order valence-electron chi connectivity index (χ1n) is 8.60. The van der Waals surface area contributed by atoms with Crippen molar-refractivity contribution in [3.63, 3.8) is 0 Å². The van der Waals surface area contributed by atoms with Gasteiger partial charge in [0.05, 0.1) is 18.2 Å². The van der Waals surface area contributed by atoms with E-state index < -0.39 is 5.97 Å². The van der Waals surface area contributed by atoms with E-state index in [9.17, 15) is 14.0 Å². The van der Waals surface area contributed by atoms with Crippen LogP contribution < -0.4 is 9.47 Å². The minimum atomic E-state index is -0.609. The second-order valence-electron chi connectivity index (χ2n) is 5.98. The quantitative estimate of drug-likeness (QED) is 0.207. The summed E-state index contributed by atoms with van der Waals surface area (Å²) >= 11 is 3.31. The van der Waals surface area contributed by atoms with Crippen molar-refractivity contribution < 1.29 is 23.5 Å². The van der Waals surface area contributed by atoms with Crippen LogP contribution in [-0.4, -0.2) is 18.9 Å². The summed E-state index contributed by atoms with van der Waals surface area (Å²) in [4.78, 5) is 25.3. The summed E-state index contributed by atoms with van der Waals surface area (Å²) in [6.07, 6.45) is 2.90. The fraction of sp³-hybridized carbons (Fsp3) is 0.0435. The fourth-order valence-corrected chi connectivity index (χ4v) is 2.98. The lowest BCUT2D eigenvalue weighted by molar-refractivity contribution is 0.0732. The maximum Gasteiger partial charge on any atom is 0.344 e. The molecule has 0 amide bonds. The Hall–Kier alpha value is -3.25. The first-order valence-corrected chi connectivity index (χ1v) is 9.40. The molecule has 0 fully saturated rings. The minimum Gasteiger partial charge on any atom is -0.497 e. The van der Waals surface area contributed by atoms with Crippen LogP contribution in [0.3, 0.4) is 0 Å². The summed E-state index contributed by atoms with van der Waals surface area (Å²) < 4.78 is 24.3. The second-order valence-corrected chi connectivity index (χ2v) is 6.83. The summed E-state index contributed by atoms with van der Waals surface area (Å²) in [5.74, 6) is -0.808. The highest BCUT2D eigenvalue weighted by Crippen LogP contribution is 2.28. The van der Waals surface area contributed by atoms with Crippen molar-refractivity contribution >= 4 is 33.8 Å². The Morgan fingerprint density at radius 2 is 1.69 bits per heavy atom. The Morgan fingerprint density at radius 1 is 0.966 bits per heavy atom. The highest BCUT2D eigenvalue weighted by Gasteiger charge is 2.18. The lowest BCUT2D eigenvalue weighted by Gasteiger charge is -2.11. The van der Waals surface area contributed by atoms with Gasteiger partial charge in [0.1, 0.15) is 17.3 Å². The third-order valence-corrected chi connectivity index (χ3v) is 4.74. The average molecular weight is 455 g/mol. The zero-order valence-electron chi connectivity index (χ0n) is 15.4. The number of esters is 1. The number of allylic oxidation sites excluding steroid dienone is 1. The maximum absolute atomic E-state index is 13.0. The van der Waals surface area contributed by atoms with Gasteiger partial charge in [-0.2, -0.15) is 0 Å². The molecule has 146 valence electrons. The van der Waals surface area contributed by atoms with Gasteiger partial charge in [-0.1, -0.05) is 30.3 Å². The third kappa shape index (κ3) is 5.18. The summed E-state index contributed by atoms with van der Waals surface area (Å²) in [6.45, 7) is 0. The Balaban J connectivity index is 1.88. The molecule has 0 unspecified atom stereocenters. The van der Waals surface area contributed by atoms with Gasteiger partial charge in [0.2, 0.25) is 0 Å². The topological polar surface area (TPSA) is 52.6 Å². The van der Waals surface area contributed by atoms with Crippen LogP contribution in [0, 0.1) is 5.82 Å². The first-order chi connectivity index (χ1) is 14.0. The molecule has 0 saturated carbocycles. The molecule has 0 aliphatic carbocycles. The van der Waals surface area contributed by atoms with E-state index in [2.05, 4.69) is 15.9 Å². The SMILES string of the molecule is COc1ccc(C(=O)C=Cc2ccc(F)cc2)c(OC(=O)c2ccccc2Br)c1. The predicted molar refractivity (Wildman–Crippen MR) is 112 cm³/mol. The normalized spacial score (nSPS) is 10.7. The zero-order valence-corrected chi connectivity index (χ0v) is 17.0. The van der Waals surface area contributed by atoms with Crippen LogP contribution >= 0.6 is 15.9 Å². The van der Waals surface area contributed by atoms with E-state index in [0.717, 1.165) is 0 Å². The van der Waals surface area contributed by atoms with Crippen molar-refractivity contribution in [2.75, 3.05) is 7.11 Å². The number of carbonyl (C=O) groups is 2. The van der Waals surface area contributed by atoms with Gasteiger partial charge in [0.15, 0.2) is 5.78 Å². The van der Waals surface area contributed by atoms with Crippen molar-refractivity contribution in [1.29, 1.82) is 0 Å². The molecule has 0 saturated heterocycles. The minimum absolute atomic E-state index is 0.0823. The van der Waals surface area contributed by atoms with E-state index in [1.165, 1.54) is 37.5 Å². The van der Waals surface area contributed by atoms with Crippen molar-refractivity contribution in [2.45, 2.75) is 0 Å². The van der Waals surface area contributed by atoms with Crippen molar-refractivity contribution in [1.82, 2.24) is 0 Å². The molecule has 0 aromatic heterocycles. The molecule has 4 nitrogen and oxygen atoms in total. The Morgan fingerprint density at radius 3 is 2.38 bits per heavy atom. The predicted octanol–water partition coefficient (Wildman–Crippen LogP) is 5.71. The van der Waals surface area contributed by atoms with Crippen LogP contribution in [-0.2, 0) is 0 Å². The summed E-state index contributed by atoms with van der Waals surface area (Å²) in [7, 11) is 1.48. The van der Waals surface area contributed by atoms with Crippen LogP contribution in [0.15, 0.2) is 77.3 Å². The molecule has 0 bridgehead atoms. The molecule has 0 N–H and O–H groups in total. The van der Waals surface area contributed by atoms with Gasteiger partial charge in [-0.05, 0) is 64.0 Å². The Bertz CT molecular complexity index is 1070. The number of ketones is 1. The first kappa shape index (κ1) is 20.5. The van der Waals surface area contributed by atoms with Crippen LogP contribution in [0.4, 0.5) is 4.39 Å². The molecule has 3 aromatic rings. The smallest absolute Gasteiger partial charge is 0.344 e.